The molecule has 2 rings (SSSR count). The van der Waals surface area contributed by atoms with Crippen LogP contribution in [0, 0.1) is 0 Å². The minimum atomic E-state index is -2.11. The fourth-order valence-electron chi connectivity index (χ4n) is 2.35. The summed E-state index contributed by atoms with van der Waals surface area (Å²) in [5, 5.41) is 0.0238. The van der Waals surface area contributed by atoms with Gasteiger partial charge in [0, 0.05) is 12.5 Å². The molecular formula is C20H28O5Si. The lowest BCUT2D eigenvalue weighted by atomic mass is 10.0. The van der Waals surface area contributed by atoms with Crippen molar-refractivity contribution in [2.75, 3.05) is 7.11 Å². The monoisotopic (exact) mass is 376 g/mol. The Kier molecular flexibility index (Phi) is 5.98. The van der Waals surface area contributed by atoms with Crippen LogP contribution >= 0.6 is 0 Å². The first-order valence-corrected chi connectivity index (χ1v) is 11.5. The van der Waals surface area contributed by atoms with Crippen molar-refractivity contribution in [2.45, 2.75) is 52.1 Å². The van der Waals surface area contributed by atoms with Crippen LogP contribution in [0.5, 0.6) is 5.75 Å². The molecule has 0 spiro atoms. The van der Waals surface area contributed by atoms with E-state index >= 15 is 0 Å². The number of fused-ring (bicyclic) bond motifs is 1. The normalized spacial score (nSPS) is 20.6. The van der Waals surface area contributed by atoms with E-state index in [1.54, 1.807) is 25.5 Å². The highest BCUT2D eigenvalue weighted by Crippen LogP contribution is 2.43. The lowest BCUT2D eigenvalue weighted by molar-refractivity contribution is -0.134. The number of rotatable bonds is 4. The Balaban J connectivity index is 2.57. The third kappa shape index (κ3) is 4.37. The Hall–Kier alpha value is -2.05. The molecule has 0 saturated heterocycles. The Morgan fingerprint density at radius 2 is 1.92 bits per heavy atom. The molecule has 1 aromatic rings. The molecule has 0 radical (unpaired) electrons. The van der Waals surface area contributed by atoms with Crippen LogP contribution in [0.3, 0.4) is 0 Å². The first-order chi connectivity index (χ1) is 12.1. The van der Waals surface area contributed by atoms with Gasteiger partial charge in [-0.05, 0) is 36.4 Å². The van der Waals surface area contributed by atoms with Crippen LogP contribution in [0.4, 0.5) is 0 Å². The number of methoxy groups -OCH3 is 1. The lowest BCUT2D eigenvalue weighted by Crippen LogP contribution is -2.42. The highest BCUT2D eigenvalue weighted by Gasteiger charge is 2.41. The summed E-state index contributed by atoms with van der Waals surface area (Å²) < 4.78 is 23.3. The van der Waals surface area contributed by atoms with E-state index in [-0.39, 0.29) is 5.04 Å². The van der Waals surface area contributed by atoms with Gasteiger partial charge in [0.05, 0.1) is 18.9 Å². The molecule has 0 fully saturated rings. The van der Waals surface area contributed by atoms with Crippen LogP contribution in [0.1, 0.15) is 45.1 Å². The van der Waals surface area contributed by atoms with E-state index in [1.165, 1.54) is 6.92 Å². The lowest BCUT2D eigenvalue weighted by Gasteiger charge is -2.39. The maximum Gasteiger partial charge on any atom is 0.308 e. The van der Waals surface area contributed by atoms with Gasteiger partial charge >= 0.3 is 5.97 Å². The van der Waals surface area contributed by atoms with Crippen molar-refractivity contribution in [3.05, 3.63) is 47.7 Å². The van der Waals surface area contributed by atoms with Crippen molar-refractivity contribution in [2.24, 2.45) is 0 Å². The third-order valence-corrected chi connectivity index (χ3v) is 9.18. The van der Waals surface area contributed by atoms with E-state index in [0.717, 1.165) is 5.56 Å². The molecule has 1 aliphatic rings. The fraction of sp³-hybridized carbons (Fsp3) is 0.450. The van der Waals surface area contributed by atoms with Crippen molar-refractivity contribution >= 4 is 20.0 Å². The van der Waals surface area contributed by atoms with Crippen molar-refractivity contribution < 1.29 is 23.4 Å². The van der Waals surface area contributed by atoms with E-state index in [1.807, 2.05) is 18.2 Å². The van der Waals surface area contributed by atoms with Gasteiger partial charge in [-0.2, -0.15) is 0 Å². The van der Waals surface area contributed by atoms with Crippen LogP contribution < -0.4 is 4.74 Å². The number of hydrogen-bond acceptors (Lipinski definition) is 5. The van der Waals surface area contributed by atoms with E-state index in [0.29, 0.717) is 17.1 Å². The van der Waals surface area contributed by atoms with Crippen molar-refractivity contribution in [1.29, 1.82) is 0 Å². The predicted molar refractivity (Wildman–Crippen MR) is 104 cm³/mol. The molecule has 6 heteroatoms. The van der Waals surface area contributed by atoms with Gasteiger partial charge in [0.2, 0.25) is 6.29 Å². The van der Waals surface area contributed by atoms with Crippen molar-refractivity contribution in [3.63, 3.8) is 0 Å². The highest BCUT2D eigenvalue weighted by atomic mass is 28.4. The Bertz CT molecular complexity index is 728. The zero-order chi connectivity index (χ0) is 19.5. The molecule has 142 valence electrons. The van der Waals surface area contributed by atoms with Crippen LogP contribution in [0.15, 0.2) is 36.6 Å². The summed E-state index contributed by atoms with van der Waals surface area (Å²) >= 11 is 0. The SMILES string of the molecule is COc1cccc2c1/C(OC(C)=O)=C\C=C/OC2O[Si](C)(C)C(C)(C)C. The van der Waals surface area contributed by atoms with E-state index in [4.69, 9.17) is 18.6 Å². The molecule has 1 heterocycles. The van der Waals surface area contributed by atoms with Gasteiger partial charge < -0.3 is 18.6 Å². The van der Waals surface area contributed by atoms with Crippen LogP contribution in [0.2, 0.25) is 18.1 Å². The summed E-state index contributed by atoms with van der Waals surface area (Å²) in [7, 11) is -0.525. The minimum Gasteiger partial charge on any atom is -0.496 e. The van der Waals surface area contributed by atoms with Crippen LogP contribution in [-0.4, -0.2) is 21.4 Å². The Morgan fingerprint density at radius 3 is 2.50 bits per heavy atom. The summed E-state index contributed by atoms with van der Waals surface area (Å²) in [5.41, 5.74) is 1.43. The molecule has 0 N–H and O–H groups in total. The zero-order valence-electron chi connectivity index (χ0n) is 16.6. The average molecular weight is 377 g/mol. The molecule has 5 nitrogen and oxygen atoms in total. The summed E-state index contributed by atoms with van der Waals surface area (Å²) in [6.45, 7) is 12.2. The maximum absolute atomic E-state index is 11.6. The molecule has 1 aromatic carbocycles. The maximum atomic E-state index is 11.6. The average Bonchev–Trinajstić information content (AvgIpc) is 2.52. The van der Waals surface area contributed by atoms with Gasteiger partial charge in [0.1, 0.15) is 11.5 Å². The number of allylic oxidation sites excluding steroid dienone is 2. The van der Waals surface area contributed by atoms with Gasteiger partial charge in [-0.15, -0.1) is 0 Å². The number of esters is 1. The van der Waals surface area contributed by atoms with Gasteiger partial charge in [-0.1, -0.05) is 32.9 Å². The molecule has 0 aliphatic carbocycles. The molecule has 0 bridgehead atoms. The van der Waals surface area contributed by atoms with E-state index < -0.39 is 20.6 Å². The number of hydrogen-bond donors (Lipinski definition) is 0. The minimum absolute atomic E-state index is 0.0238. The van der Waals surface area contributed by atoms with Crippen molar-refractivity contribution in [3.8, 4) is 5.75 Å². The summed E-state index contributed by atoms with van der Waals surface area (Å²) in [5.74, 6) is 0.607. The second-order valence-electron chi connectivity index (χ2n) is 7.72. The molecule has 0 saturated carbocycles. The largest absolute Gasteiger partial charge is 0.496 e. The molecule has 0 amide bonds. The van der Waals surface area contributed by atoms with Gasteiger partial charge in [-0.25, -0.2) is 0 Å². The first-order valence-electron chi connectivity index (χ1n) is 8.62. The number of ether oxygens (including phenoxy) is 3. The molecular weight excluding hydrogens is 348 g/mol. The van der Waals surface area contributed by atoms with Gasteiger partial charge in [0.15, 0.2) is 8.32 Å². The smallest absolute Gasteiger partial charge is 0.308 e. The van der Waals surface area contributed by atoms with Gasteiger partial charge in [-0.3, -0.25) is 4.79 Å². The second kappa shape index (κ2) is 7.68. The number of carbonyl (C=O) groups excluding carboxylic acids is 1. The van der Waals surface area contributed by atoms with Gasteiger partial charge in [0.25, 0.3) is 0 Å². The summed E-state index contributed by atoms with van der Waals surface area (Å²) in [6, 6.07) is 5.61. The van der Waals surface area contributed by atoms with Crippen LogP contribution in [-0.2, 0) is 18.7 Å². The topological polar surface area (TPSA) is 54.0 Å². The Morgan fingerprint density at radius 1 is 1.23 bits per heavy atom. The summed E-state index contributed by atoms with van der Waals surface area (Å²) in [4.78, 5) is 11.6. The molecule has 26 heavy (non-hydrogen) atoms. The summed E-state index contributed by atoms with van der Waals surface area (Å²) in [6.07, 6.45) is 4.32. The van der Waals surface area contributed by atoms with E-state index in [9.17, 15) is 4.79 Å². The first kappa shape index (κ1) is 20.3. The van der Waals surface area contributed by atoms with Crippen LogP contribution in [0.25, 0.3) is 5.76 Å². The zero-order valence-corrected chi connectivity index (χ0v) is 17.6. The fourth-order valence-corrected chi connectivity index (χ4v) is 3.43. The number of benzene rings is 1. The number of carbonyl (C=O) groups is 1. The quantitative estimate of drug-likeness (QED) is 0.536. The molecule has 1 unspecified atom stereocenters. The standard InChI is InChI=1S/C20H28O5Si/c1-14(21)24-17-12-9-13-23-19(25-26(6,7)20(2,3)4)15-10-8-11-16(22-5)18(15)17/h8-13,19H,1-7H3/b13-9-,17-12+. The third-order valence-electron chi connectivity index (χ3n) is 4.77. The predicted octanol–water partition coefficient (Wildman–Crippen LogP) is 5.16. The second-order valence-corrected chi connectivity index (χ2v) is 12.5. The Labute approximate surface area is 156 Å². The van der Waals surface area contributed by atoms with Crippen molar-refractivity contribution in [1.82, 2.24) is 0 Å². The highest BCUT2D eigenvalue weighted by molar-refractivity contribution is 6.74. The molecule has 1 atom stereocenters. The molecule has 1 aliphatic heterocycles. The van der Waals surface area contributed by atoms with E-state index in [2.05, 4.69) is 33.9 Å². The molecule has 0 aromatic heterocycles.